The van der Waals surface area contributed by atoms with Crippen LogP contribution >= 0.6 is 22.9 Å². The van der Waals surface area contributed by atoms with Crippen LogP contribution in [-0.4, -0.2) is 14.2 Å². The molecule has 0 aliphatic rings. The molecule has 0 unspecified atom stereocenters. The summed E-state index contributed by atoms with van der Waals surface area (Å²) in [5.41, 5.74) is 11.4. The molecule has 8 heteroatoms. The number of benzene rings is 3. The number of aryl methyl sites for hydroxylation is 4. The van der Waals surface area contributed by atoms with Gasteiger partial charge in [0.05, 0.1) is 10.6 Å². The van der Waals surface area contributed by atoms with Gasteiger partial charge in [-0.05, 0) is 69.2 Å². The lowest BCUT2D eigenvalue weighted by Gasteiger charge is -2.12. The number of sulfone groups is 1. The van der Waals surface area contributed by atoms with Crippen LogP contribution in [0.3, 0.4) is 0 Å². The second-order valence-corrected chi connectivity index (χ2v) is 11.9. The molecule has 0 amide bonds. The molecule has 0 fully saturated rings. The Morgan fingerprint density at radius 1 is 0.886 bits per heavy atom. The molecule has 35 heavy (non-hydrogen) atoms. The van der Waals surface area contributed by atoms with Gasteiger partial charge in [-0.3, -0.25) is 4.79 Å². The Kier molecular flexibility index (Phi) is 6.77. The molecule has 0 saturated heterocycles. The zero-order valence-corrected chi connectivity index (χ0v) is 22.2. The van der Waals surface area contributed by atoms with Crippen LogP contribution < -0.4 is 11.1 Å². The van der Waals surface area contributed by atoms with Gasteiger partial charge < -0.3 is 11.1 Å². The average Bonchev–Trinajstić information content (AvgIpc) is 3.12. The van der Waals surface area contributed by atoms with Crippen molar-refractivity contribution in [2.24, 2.45) is 0 Å². The van der Waals surface area contributed by atoms with Crippen LogP contribution in [0.4, 0.5) is 16.4 Å². The van der Waals surface area contributed by atoms with E-state index in [4.69, 9.17) is 17.3 Å². The Bertz CT molecular complexity index is 1560. The number of rotatable bonds is 6. The number of nitrogens with two attached hydrogens (primary N) is 1. The molecule has 0 spiro atoms. The topological polar surface area (TPSA) is 89.3 Å². The minimum atomic E-state index is -4.06. The number of ketones is 1. The van der Waals surface area contributed by atoms with Gasteiger partial charge in [0.25, 0.3) is 0 Å². The Labute approximate surface area is 214 Å². The average molecular weight is 525 g/mol. The van der Waals surface area contributed by atoms with E-state index < -0.39 is 9.84 Å². The highest BCUT2D eigenvalue weighted by molar-refractivity contribution is 7.92. The van der Waals surface area contributed by atoms with Gasteiger partial charge in [0.1, 0.15) is 14.8 Å². The van der Waals surface area contributed by atoms with Crippen LogP contribution in [0.5, 0.6) is 0 Å². The van der Waals surface area contributed by atoms with Gasteiger partial charge in [0.2, 0.25) is 15.6 Å². The first-order valence-electron chi connectivity index (χ1n) is 10.9. The molecule has 0 radical (unpaired) electrons. The van der Waals surface area contributed by atoms with E-state index in [1.54, 1.807) is 6.07 Å². The fourth-order valence-corrected chi connectivity index (χ4v) is 6.99. The van der Waals surface area contributed by atoms with Gasteiger partial charge in [-0.25, -0.2) is 8.42 Å². The van der Waals surface area contributed by atoms with Crippen molar-refractivity contribution in [2.45, 2.75) is 37.5 Å². The Balaban J connectivity index is 1.91. The van der Waals surface area contributed by atoms with Crippen molar-refractivity contribution in [3.63, 3.8) is 0 Å². The van der Waals surface area contributed by atoms with Crippen molar-refractivity contribution in [2.75, 3.05) is 11.1 Å². The van der Waals surface area contributed by atoms with Crippen molar-refractivity contribution in [3.8, 4) is 0 Å². The molecule has 180 valence electrons. The molecule has 0 aliphatic carbocycles. The van der Waals surface area contributed by atoms with E-state index in [1.165, 1.54) is 24.3 Å². The Hall–Kier alpha value is -3.13. The van der Waals surface area contributed by atoms with Gasteiger partial charge in [-0.15, -0.1) is 11.3 Å². The molecule has 3 N–H and O–H groups in total. The first-order chi connectivity index (χ1) is 16.5. The maximum atomic E-state index is 13.7. The number of thiophene rings is 1. The molecule has 3 aromatic carbocycles. The predicted molar refractivity (Wildman–Crippen MR) is 144 cm³/mol. The van der Waals surface area contributed by atoms with E-state index in [0.29, 0.717) is 10.6 Å². The highest BCUT2D eigenvalue weighted by Gasteiger charge is 2.32. The van der Waals surface area contributed by atoms with Gasteiger partial charge in [0, 0.05) is 16.3 Å². The molecule has 0 atom stereocenters. The van der Waals surface area contributed by atoms with Crippen LogP contribution in [-0.2, 0) is 9.84 Å². The SMILES string of the molecule is Cc1ccc(Nc2sc(C(=O)c3ccc(C)cc3C)c(N)c2S(=O)(=O)c2ccc(Cl)cc2)c(C)c1. The maximum Gasteiger partial charge on any atom is 0.211 e. The summed E-state index contributed by atoms with van der Waals surface area (Å²) in [5.74, 6) is -0.314. The number of halogens is 1. The standard InChI is InChI=1S/C27H25ClN2O3S2/c1-15-5-11-21(17(3)13-15)24(31)25-23(29)26(35(32,33)20-9-7-19(28)8-10-20)27(34-25)30-22-12-6-16(2)14-18(22)4/h5-14,30H,29H2,1-4H3. The van der Waals surface area contributed by atoms with E-state index in [-0.39, 0.29) is 31.1 Å². The molecule has 0 aliphatic heterocycles. The highest BCUT2D eigenvalue weighted by Crippen LogP contribution is 2.44. The Morgan fingerprint density at radius 2 is 1.49 bits per heavy atom. The van der Waals surface area contributed by atoms with Crippen LogP contribution in [0.25, 0.3) is 0 Å². The summed E-state index contributed by atoms with van der Waals surface area (Å²) in [5, 5.41) is 3.94. The quantitative estimate of drug-likeness (QED) is 0.264. The number of nitrogen functional groups attached to an aromatic ring is 1. The minimum Gasteiger partial charge on any atom is -0.396 e. The van der Waals surface area contributed by atoms with E-state index in [2.05, 4.69) is 5.32 Å². The summed E-state index contributed by atoms with van der Waals surface area (Å²) < 4.78 is 27.5. The third kappa shape index (κ3) is 4.85. The molecule has 4 rings (SSSR count). The lowest BCUT2D eigenvalue weighted by atomic mass is 10.0. The third-order valence-electron chi connectivity index (χ3n) is 5.76. The maximum absolute atomic E-state index is 13.7. The molecular weight excluding hydrogens is 500 g/mol. The summed E-state index contributed by atoms with van der Waals surface area (Å²) in [6, 6.07) is 17.2. The first-order valence-corrected chi connectivity index (χ1v) is 13.6. The number of carbonyl (C=O) groups is 1. The fraction of sp³-hybridized carbons (Fsp3) is 0.148. The van der Waals surface area contributed by atoms with E-state index in [0.717, 1.165) is 39.3 Å². The summed E-state index contributed by atoms with van der Waals surface area (Å²) in [4.78, 5) is 13.6. The monoisotopic (exact) mass is 524 g/mol. The van der Waals surface area contributed by atoms with Crippen molar-refractivity contribution < 1.29 is 13.2 Å². The van der Waals surface area contributed by atoms with Gasteiger partial charge in [-0.2, -0.15) is 0 Å². The molecule has 0 saturated carbocycles. The largest absolute Gasteiger partial charge is 0.396 e. The number of carbonyl (C=O) groups excluding carboxylic acids is 1. The lowest BCUT2D eigenvalue weighted by molar-refractivity contribution is 0.104. The number of hydrogen-bond donors (Lipinski definition) is 2. The fourth-order valence-electron chi connectivity index (χ4n) is 3.94. The van der Waals surface area contributed by atoms with Crippen molar-refractivity contribution >= 4 is 54.9 Å². The number of anilines is 3. The summed E-state index contributed by atoms with van der Waals surface area (Å²) in [6.45, 7) is 7.71. The third-order valence-corrected chi connectivity index (χ3v) is 9.11. The second kappa shape index (κ2) is 9.49. The van der Waals surface area contributed by atoms with E-state index in [1.807, 2.05) is 58.0 Å². The highest BCUT2D eigenvalue weighted by atomic mass is 35.5. The van der Waals surface area contributed by atoms with Gasteiger partial charge in [-0.1, -0.05) is 53.1 Å². The smallest absolute Gasteiger partial charge is 0.211 e. The van der Waals surface area contributed by atoms with Crippen molar-refractivity contribution in [3.05, 3.63) is 98.4 Å². The molecule has 0 bridgehead atoms. The van der Waals surface area contributed by atoms with Crippen LogP contribution in [0.1, 0.15) is 37.5 Å². The summed E-state index contributed by atoms with van der Waals surface area (Å²) in [6.07, 6.45) is 0. The van der Waals surface area contributed by atoms with E-state index >= 15 is 0 Å². The van der Waals surface area contributed by atoms with Crippen molar-refractivity contribution in [1.29, 1.82) is 0 Å². The number of hydrogen-bond acceptors (Lipinski definition) is 6. The normalized spacial score (nSPS) is 11.5. The summed E-state index contributed by atoms with van der Waals surface area (Å²) >= 11 is 7.02. The summed E-state index contributed by atoms with van der Waals surface area (Å²) in [7, 11) is -4.06. The second-order valence-electron chi connectivity index (χ2n) is 8.55. The van der Waals surface area contributed by atoms with Gasteiger partial charge in [0.15, 0.2) is 0 Å². The zero-order chi connectivity index (χ0) is 25.5. The molecular formula is C27H25ClN2O3S2. The molecule has 1 heterocycles. The predicted octanol–water partition coefficient (Wildman–Crippen LogP) is 7.02. The van der Waals surface area contributed by atoms with Crippen LogP contribution in [0, 0.1) is 27.7 Å². The lowest BCUT2D eigenvalue weighted by Crippen LogP contribution is -2.09. The first kappa shape index (κ1) is 25.0. The molecule has 1 aromatic heterocycles. The van der Waals surface area contributed by atoms with Crippen LogP contribution in [0.2, 0.25) is 5.02 Å². The molecule has 5 nitrogen and oxygen atoms in total. The van der Waals surface area contributed by atoms with Crippen molar-refractivity contribution in [1.82, 2.24) is 0 Å². The van der Waals surface area contributed by atoms with Crippen LogP contribution in [0.15, 0.2) is 70.5 Å². The Morgan fingerprint density at radius 3 is 2.09 bits per heavy atom. The van der Waals surface area contributed by atoms with E-state index in [9.17, 15) is 13.2 Å². The number of nitrogens with one attached hydrogen (secondary N) is 1. The zero-order valence-electron chi connectivity index (χ0n) is 19.8. The van der Waals surface area contributed by atoms with Gasteiger partial charge >= 0.3 is 0 Å². The molecule has 4 aromatic rings. The minimum absolute atomic E-state index is 0.0422.